The van der Waals surface area contributed by atoms with Crippen LogP contribution in [-0.2, 0) is 25.9 Å². The monoisotopic (exact) mass is 512 g/mol. The van der Waals surface area contributed by atoms with Crippen molar-refractivity contribution < 1.29 is 23.9 Å². The lowest BCUT2D eigenvalue weighted by Crippen LogP contribution is -2.38. The Labute approximate surface area is 214 Å². The molecular formula is C24H32N8O5. The van der Waals surface area contributed by atoms with E-state index in [4.69, 9.17) is 4.74 Å². The lowest BCUT2D eigenvalue weighted by atomic mass is 10.2. The van der Waals surface area contributed by atoms with Gasteiger partial charge in [-0.2, -0.15) is 0 Å². The summed E-state index contributed by atoms with van der Waals surface area (Å²) in [5.74, 6) is -0.943. The Hall–Kier alpha value is -4.55. The SMILES string of the molecule is Cn1cc(NC(=O)c2cc(NC(=O)c3nccn3C)cn2C)cc1C(=O)NCCNC(=O)OC(C)(C)C. The molecule has 37 heavy (non-hydrogen) atoms. The van der Waals surface area contributed by atoms with Gasteiger partial charge in [-0.3, -0.25) is 14.4 Å². The van der Waals surface area contributed by atoms with Crippen molar-refractivity contribution in [3.8, 4) is 0 Å². The molecule has 13 heteroatoms. The molecule has 0 radical (unpaired) electrons. The maximum absolute atomic E-state index is 12.9. The number of hydrogen-bond donors (Lipinski definition) is 4. The highest BCUT2D eigenvalue weighted by atomic mass is 16.6. The molecule has 0 bridgehead atoms. The zero-order valence-electron chi connectivity index (χ0n) is 21.7. The highest BCUT2D eigenvalue weighted by molar-refractivity contribution is 6.06. The number of hydrogen-bond acceptors (Lipinski definition) is 6. The third kappa shape index (κ3) is 7.22. The van der Waals surface area contributed by atoms with Gasteiger partial charge in [0.2, 0.25) is 0 Å². The summed E-state index contributed by atoms with van der Waals surface area (Å²) in [4.78, 5) is 53.5. The Morgan fingerprint density at radius 1 is 0.811 bits per heavy atom. The highest BCUT2D eigenvalue weighted by Crippen LogP contribution is 2.18. The summed E-state index contributed by atoms with van der Waals surface area (Å²) >= 11 is 0. The summed E-state index contributed by atoms with van der Waals surface area (Å²) in [5, 5.41) is 10.8. The fourth-order valence-corrected chi connectivity index (χ4v) is 3.43. The van der Waals surface area contributed by atoms with Gasteiger partial charge in [-0.05, 0) is 32.9 Å². The fourth-order valence-electron chi connectivity index (χ4n) is 3.43. The molecule has 0 saturated heterocycles. The van der Waals surface area contributed by atoms with E-state index in [1.54, 1.807) is 86.3 Å². The molecule has 0 aliphatic carbocycles. The van der Waals surface area contributed by atoms with Crippen molar-refractivity contribution in [2.45, 2.75) is 26.4 Å². The van der Waals surface area contributed by atoms with Gasteiger partial charge in [-0.15, -0.1) is 0 Å². The molecule has 3 heterocycles. The van der Waals surface area contributed by atoms with Crippen LogP contribution >= 0.6 is 0 Å². The van der Waals surface area contributed by atoms with Crippen LogP contribution in [0.5, 0.6) is 0 Å². The van der Waals surface area contributed by atoms with Gasteiger partial charge in [0.1, 0.15) is 17.0 Å². The first kappa shape index (κ1) is 27.0. The number of rotatable bonds is 8. The Kier molecular flexibility index (Phi) is 8.05. The summed E-state index contributed by atoms with van der Waals surface area (Å²) in [6, 6.07) is 3.09. The molecule has 0 aromatic carbocycles. The molecular weight excluding hydrogens is 480 g/mol. The smallest absolute Gasteiger partial charge is 0.407 e. The summed E-state index contributed by atoms with van der Waals surface area (Å²) in [5.41, 5.74) is 0.879. The van der Waals surface area contributed by atoms with Gasteiger partial charge in [-0.1, -0.05) is 0 Å². The van der Waals surface area contributed by atoms with Crippen molar-refractivity contribution in [3.05, 3.63) is 54.1 Å². The lowest BCUT2D eigenvalue weighted by Gasteiger charge is -2.19. The van der Waals surface area contributed by atoms with E-state index in [0.717, 1.165) is 0 Å². The second kappa shape index (κ2) is 11.0. The van der Waals surface area contributed by atoms with Gasteiger partial charge in [0.25, 0.3) is 17.7 Å². The fraction of sp³-hybridized carbons (Fsp3) is 0.375. The van der Waals surface area contributed by atoms with Crippen LogP contribution in [0.4, 0.5) is 16.2 Å². The van der Waals surface area contributed by atoms with Crippen LogP contribution in [0, 0.1) is 0 Å². The van der Waals surface area contributed by atoms with Crippen LogP contribution in [0.1, 0.15) is 52.4 Å². The third-order valence-electron chi connectivity index (χ3n) is 5.09. The first-order valence-corrected chi connectivity index (χ1v) is 11.5. The van der Waals surface area contributed by atoms with Gasteiger partial charge in [0, 0.05) is 59.0 Å². The molecule has 3 aromatic heterocycles. The molecule has 0 unspecified atom stereocenters. The molecule has 3 rings (SSSR count). The Bertz CT molecular complexity index is 1310. The number of amides is 4. The van der Waals surface area contributed by atoms with Crippen molar-refractivity contribution in [2.75, 3.05) is 23.7 Å². The quantitative estimate of drug-likeness (QED) is 0.338. The van der Waals surface area contributed by atoms with Crippen molar-refractivity contribution in [3.63, 3.8) is 0 Å². The topological polar surface area (TPSA) is 153 Å². The number of nitrogens with one attached hydrogen (secondary N) is 4. The number of ether oxygens (including phenoxy) is 1. The average molecular weight is 513 g/mol. The van der Waals surface area contributed by atoms with Crippen molar-refractivity contribution in [2.24, 2.45) is 21.1 Å². The molecule has 13 nitrogen and oxygen atoms in total. The zero-order chi connectivity index (χ0) is 27.3. The maximum Gasteiger partial charge on any atom is 0.407 e. The summed E-state index contributed by atoms with van der Waals surface area (Å²) in [6.45, 7) is 5.68. The molecule has 3 aromatic rings. The van der Waals surface area contributed by atoms with Gasteiger partial charge in [0.15, 0.2) is 5.82 Å². The second-order valence-corrected chi connectivity index (χ2v) is 9.40. The Balaban J connectivity index is 1.55. The molecule has 0 spiro atoms. The minimum absolute atomic E-state index is 0.196. The number of carbonyl (C=O) groups is 4. The van der Waals surface area contributed by atoms with E-state index in [9.17, 15) is 19.2 Å². The van der Waals surface area contributed by atoms with Crippen LogP contribution in [0.3, 0.4) is 0 Å². The summed E-state index contributed by atoms with van der Waals surface area (Å²) in [6.07, 6.45) is 5.84. The van der Waals surface area contributed by atoms with E-state index >= 15 is 0 Å². The number of carbonyl (C=O) groups excluding carboxylic acids is 4. The van der Waals surface area contributed by atoms with Gasteiger partial charge in [0.05, 0.1) is 11.4 Å². The molecule has 0 fully saturated rings. The highest BCUT2D eigenvalue weighted by Gasteiger charge is 2.19. The maximum atomic E-state index is 12.9. The molecule has 198 valence electrons. The van der Waals surface area contributed by atoms with E-state index in [0.29, 0.717) is 22.8 Å². The molecule has 0 saturated carbocycles. The predicted octanol–water partition coefficient (Wildman–Crippen LogP) is 1.86. The predicted molar refractivity (Wildman–Crippen MR) is 137 cm³/mol. The van der Waals surface area contributed by atoms with E-state index in [1.165, 1.54) is 6.20 Å². The van der Waals surface area contributed by atoms with Crippen LogP contribution in [0.15, 0.2) is 36.9 Å². The minimum atomic E-state index is -0.606. The van der Waals surface area contributed by atoms with Crippen LogP contribution in [-0.4, -0.2) is 61.2 Å². The van der Waals surface area contributed by atoms with Gasteiger partial charge < -0.3 is 39.7 Å². The van der Waals surface area contributed by atoms with Crippen molar-refractivity contribution in [1.29, 1.82) is 0 Å². The molecule has 4 amide bonds. The second-order valence-electron chi connectivity index (χ2n) is 9.40. The average Bonchev–Trinajstić information content (AvgIpc) is 3.48. The van der Waals surface area contributed by atoms with Crippen molar-refractivity contribution in [1.82, 2.24) is 29.3 Å². The molecule has 0 aliphatic rings. The number of alkyl carbamates (subject to hydrolysis) is 1. The molecule has 0 aliphatic heterocycles. The number of anilines is 2. The minimum Gasteiger partial charge on any atom is -0.444 e. The number of imidazole rings is 1. The van der Waals surface area contributed by atoms with E-state index in [1.807, 2.05) is 0 Å². The van der Waals surface area contributed by atoms with Crippen LogP contribution in [0.25, 0.3) is 0 Å². The Morgan fingerprint density at radius 3 is 1.89 bits per heavy atom. The first-order chi connectivity index (χ1) is 17.3. The van der Waals surface area contributed by atoms with Gasteiger partial charge in [-0.25, -0.2) is 9.78 Å². The normalized spacial score (nSPS) is 11.1. The van der Waals surface area contributed by atoms with E-state index < -0.39 is 23.5 Å². The van der Waals surface area contributed by atoms with Gasteiger partial charge >= 0.3 is 6.09 Å². The van der Waals surface area contributed by atoms with Crippen LogP contribution in [0.2, 0.25) is 0 Å². The standard InChI is InChI=1S/C24H32N8O5/c1-24(2,3)37-23(36)27-8-7-26-20(33)17-11-15(13-31(17)5)28-21(34)18-12-16(14-32(18)6)29-22(35)19-25-9-10-30(19)4/h9-14H,7-8H2,1-6H3,(H,26,33)(H,27,36)(H,28,34)(H,29,35). The Morgan fingerprint density at radius 2 is 1.35 bits per heavy atom. The molecule has 0 atom stereocenters. The van der Waals surface area contributed by atoms with Crippen molar-refractivity contribution >= 4 is 35.2 Å². The van der Waals surface area contributed by atoms with Crippen LogP contribution < -0.4 is 21.3 Å². The number of aromatic nitrogens is 4. The number of aryl methyl sites for hydroxylation is 3. The largest absolute Gasteiger partial charge is 0.444 e. The number of nitrogens with zero attached hydrogens (tertiary/aromatic N) is 4. The van der Waals surface area contributed by atoms with E-state index in [2.05, 4.69) is 26.3 Å². The van der Waals surface area contributed by atoms with E-state index in [-0.39, 0.29) is 24.8 Å². The first-order valence-electron chi connectivity index (χ1n) is 11.5. The summed E-state index contributed by atoms with van der Waals surface area (Å²) in [7, 11) is 5.07. The molecule has 4 N–H and O–H groups in total. The lowest BCUT2D eigenvalue weighted by molar-refractivity contribution is 0.0526. The zero-order valence-corrected chi connectivity index (χ0v) is 21.7. The summed E-state index contributed by atoms with van der Waals surface area (Å²) < 4.78 is 9.89. The third-order valence-corrected chi connectivity index (χ3v) is 5.09.